The van der Waals surface area contributed by atoms with E-state index in [0.717, 1.165) is 12.8 Å². The number of aromatic nitrogens is 1. The van der Waals surface area contributed by atoms with Crippen molar-refractivity contribution in [2.75, 3.05) is 20.3 Å². The smallest absolute Gasteiger partial charge is 0.357 e. The average Bonchev–Trinajstić information content (AvgIpc) is 3.64. The maximum atomic E-state index is 12.8. The molecule has 1 amide bonds. The van der Waals surface area contributed by atoms with E-state index >= 15 is 0 Å². The summed E-state index contributed by atoms with van der Waals surface area (Å²) in [5.74, 6) is -1.45. The lowest BCUT2D eigenvalue weighted by Gasteiger charge is -2.15. The second kappa shape index (κ2) is 10.1. The summed E-state index contributed by atoms with van der Waals surface area (Å²) >= 11 is 0. The van der Waals surface area contributed by atoms with E-state index < -0.39 is 17.8 Å². The fourth-order valence-electron chi connectivity index (χ4n) is 3.20. The third-order valence-corrected chi connectivity index (χ3v) is 5.12. The zero-order valence-corrected chi connectivity index (χ0v) is 18.1. The van der Waals surface area contributed by atoms with Gasteiger partial charge in [-0.2, -0.15) is 0 Å². The van der Waals surface area contributed by atoms with Crippen LogP contribution >= 0.6 is 0 Å². The van der Waals surface area contributed by atoms with E-state index in [9.17, 15) is 19.5 Å². The number of esters is 1. The van der Waals surface area contributed by atoms with E-state index in [-0.39, 0.29) is 34.7 Å². The molecule has 8 nitrogen and oxygen atoms in total. The lowest BCUT2D eigenvalue weighted by atomic mass is 9.95. The summed E-state index contributed by atoms with van der Waals surface area (Å²) in [7, 11) is 1.45. The second-order valence-corrected chi connectivity index (χ2v) is 7.53. The number of aromatic carboxylic acids is 1. The van der Waals surface area contributed by atoms with Gasteiger partial charge < -0.3 is 19.9 Å². The van der Waals surface area contributed by atoms with Crippen molar-refractivity contribution in [3.63, 3.8) is 0 Å². The topological polar surface area (TPSA) is 115 Å². The number of carbonyl (C=O) groups is 3. The molecule has 2 aromatic rings. The summed E-state index contributed by atoms with van der Waals surface area (Å²) in [5.41, 5.74) is 0.820. The van der Waals surface area contributed by atoms with Crippen LogP contribution in [-0.4, -0.2) is 48.2 Å². The fourth-order valence-corrected chi connectivity index (χ4v) is 3.20. The summed E-state index contributed by atoms with van der Waals surface area (Å²) < 4.78 is 10.6. The normalized spacial score (nSPS) is 12.7. The Morgan fingerprint density at radius 3 is 2.59 bits per heavy atom. The third-order valence-electron chi connectivity index (χ3n) is 5.12. The van der Waals surface area contributed by atoms with Gasteiger partial charge in [-0.25, -0.2) is 14.6 Å². The van der Waals surface area contributed by atoms with Gasteiger partial charge in [0.15, 0.2) is 5.69 Å². The van der Waals surface area contributed by atoms with Crippen molar-refractivity contribution >= 4 is 23.9 Å². The first-order chi connectivity index (χ1) is 15.4. The van der Waals surface area contributed by atoms with Crippen molar-refractivity contribution in [1.82, 2.24) is 10.3 Å². The van der Waals surface area contributed by atoms with Crippen LogP contribution in [0.3, 0.4) is 0 Å². The number of benzene rings is 1. The molecule has 0 atom stereocenters. The van der Waals surface area contributed by atoms with Crippen molar-refractivity contribution in [2.45, 2.75) is 26.2 Å². The van der Waals surface area contributed by atoms with Crippen LogP contribution in [0.25, 0.3) is 17.2 Å². The van der Waals surface area contributed by atoms with E-state index in [2.05, 4.69) is 16.9 Å². The van der Waals surface area contributed by atoms with Crippen LogP contribution in [0.4, 0.5) is 0 Å². The molecular formula is C24H26N2O6. The maximum absolute atomic E-state index is 12.8. The molecule has 32 heavy (non-hydrogen) atoms. The molecule has 1 aliphatic rings. The van der Waals surface area contributed by atoms with Gasteiger partial charge in [-0.1, -0.05) is 19.6 Å². The lowest BCUT2D eigenvalue weighted by molar-refractivity contribution is 0.0498. The molecule has 1 heterocycles. The van der Waals surface area contributed by atoms with E-state index in [4.69, 9.17) is 9.47 Å². The molecule has 1 aliphatic carbocycles. The highest BCUT2D eigenvalue weighted by Gasteiger charge is 2.25. The van der Waals surface area contributed by atoms with Crippen LogP contribution in [-0.2, 0) is 4.74 Å². The predicted molar refractivity (Wildman–Crippen MR) is 119 cm³/mol. The number of rotatable bonds is 10. The number of carboxylic acids is 1. The van der Waals surface area contributed by atoms with Gasteiger partial charge in [0.05, 0.1) is 19.3 Å². The van der Waals surface area contributed by atoms with Crippen LogP contribution < -0.4 is 10.1 Å². The van der Waals surface area contributed by atoms with Crippen molar-refractivity contribution < 1.29 is 29.0 Å². The van der Waals surface area contributed by atoms with Crippen LogP contribution in [0, 0.1) is 5.92 Å². The van der Waals surface area contributed by atoms with Crippen molar-refractivity contribution in [3.8, 4) is 16.9 Å². The zero-order valence-electron chi connectivity index (χ0n) is 18.1. The fraction of sp³-hybridized carbons (Fsp3) is 0.333. The average molecular weight is 438 g/mol. The molecule has 0 spiro atoms. The van der Waals surface area contributed by atoms with Crippen LogP contribution in [0.1, 0.15) is 63.1 Å². The number of carboxylic acid groups (broad SMARTS) is 1. The minimum atomic E-state index is -1.19. The Labute approximate surface area is 186 Å². The number of pyridine rings is 1. The number of nitrogens with zero attached hydrogens (tertiary/aromatic N) is 1. The summed E-state index contributed by atoms with van der Waals surface area (Å²) in [6.07, 6.45) is 4.26. The highest BCUT2D eigenvalue weighted by atomic mass is 16.5. The molecule has 0 radical (unpaired) electrons. The van der Waals surface area contributed by atoms with Crippen molar-refractivity contribution in [2.24, 2.45) is 5.92 Å². The number of ether oxygens (including phenoxy) is 2. The summed E-state index contributed by atoms with van der Waals surface area (Å²) in [6, 6.07) is 5.91. The number of nitrogens with one attached hydrogen (secondary N) is 1. The molecule has 8 heteroatoms. The Morgan fingerprint density at radius 1 is 1.25 bits per heavy atom. The van der Waals surface area contributed by atoms with Crippen molar-refractivity contribution in [1.29, 1.82) is 0 Å². The number of amides is 1. The SMILES string of the molecule is C=Cc1cc(C(=O)O)c(-c2ccc(C(=O)NCC3CC3)nc2C(=O)OCCC)cc1OC. The molecule has 1 aromatic carbocycles. The molecule has 0 unspecified atom stereocenters. The minimum Gasteiger partial charge on any atom is -0.496 e. The standard InChI is InChI=1S/C24H26N2O6/c1-4-10-32-24(30)21-16(8-9-19(26-21)22(27)25-13-14-6-7-14)17-12-20(31-3)15(5-2)11-18(17)23(28)29/h5,8-9,11-12,14H,2,4,6-7,10,13H2,1,3H3,(H,25,27)(H,28,29). The van der Waals surface area contributed by atoms with E-state index in [0.29, 0.717) is 30.2 Å². The first-order valence-electron chi connectivity index (χ1n) is 10.4. The Balaban J connectivity index is 2.11. The highest BCUT2D eigenvalue weighted by molar-refractivity contribution is 6.03. The van der Waals surface area contributed by atoms with Gasteiger partial charge in [-0.3, -0.25) is 4.79 Å². The summed E-state index contributed by atoms with van der Waals surface area (Å²) in [6.45, 7) is 6.26. The number of hydrogen-bond acceptors (Lipinski definition) is 6. The Morgan fingerprint density at radius 2 is 2.00 bits per heavy atom. The summed E-state index contributed by atoms with van der Waals surface area (Å²) in [5, 5.41) is 12.6. The van der Waals surface area contributed by atoms with Gasteiger partial charge in [0, 0.05) is 23.2 Å². The largest absolute Gasteiger partial charge is 0.496 e. The number of hydrogen-bond donors (Lipinski definition) is 2. The van der Waals surface area contributed by atoms with Gasteiger partial charge in [0.2, 0.25) is 0 Å². The molecule has 1 fully saturated rings. The first-order valence-corrected chi connectivity index (χ1v) is 10.4. The summed E-state index contributed by atoms with van der Waals surface area (Å²) in [4.78, 5) is 41.5. The first kappa shape index (κ1) is 23.0. The number of carbonyl (C=O) groups excluding carboxylic acids is 2. The highest BCUT2D eigenvalue weighted by Crippen LogP contribution is 2.34. The van der Waals surface area contributed by atoms with Crippen LogP contribution in [0.5, 0.6) is 5.75 Å². The van der Waals surface area contributed by atoms with Crippen LogP contribution in [0.2, 0.25) is 0 Å². The third kappa shape index (κ3) is 5.14. The van der Waals surface area contributed by atoms with E-state index in [1.54, 1.807) is 0 Å². The molecular weight excluding hydrogens is 412 g/mol. The van der Waals surface area contributed by atoms with Gasteiger partial charge in [0.1, 0.15) is 11.4 Å². The Kier molecular flexibility index (Phi) is 7.25. The minimum absolute atomic E-state index is 0.0574. The quantitative estimate of drug-likeness (QED) is 0.542. The van der Waals surface area contributed by atoms with Gasteiger partial charge in [-0.05, 0) is 49.4 Å². The Hall–Kier alpha value is -3.68. The number of methoxy groups -OCH3 is 1. The van der Waals surface area contributed by atoms with Gasteiger partial charge in [0.25, 0.3) is 5.91 Å². The maximum Gasteiger partial charge on any atom is 0.357 e. The molecule has 1 aromatic heterocycles. The molecule has 168 valence electrons. The van der Waals surface area contributed by atoms with Crippen molar-refractivity contribution in [3.05, 3.63) is 53.4 Å². The molecule has 1 saturated carbocycles. The van der Waals surface area contributed by atoms with Crippen LogP contribution in [0.15, 0.2) is 30.8 Å². The van der Waals surface area contributed by atoms with E-state index in [1.807, 2.05) is 6.92 Å². The molecule has 0 bridgehead atoms. The molecule has 3 rings (SSSR count). The predicted octanol–water partition coefficient (Wildman–Crippen LogP) is 3.81. The van der Waals surface area contributed by atoms with Gasteiger partial charge >= 0.3 is 11.9 Å². The van der Waals surface area contributed by atoms with Gasteiger partial charge in [-0.15, -0.1) is 0 Å². The van der Waals surface area contributed by atoms with E-state index in [1.165, 1.54) is 37.5 Å². The second-order valence-electron chi connectivity index (χ2n) is 7.53. The zero-order chi connectivity index (χ0) is 23.3. The monoisotopic (exact) mass is 438 g/mol. The Bertz CT molecular complexity index is 1060. The lowest BCUT2D eigenvalue weighted by Crippen LogP contribution is -2.27. The molecule has 2 N–H and O–H groups in total. The molecule has 0 saturated heterocycles. The molecule has 0 aliphatic heterocycles.